The molecule has 0 bridgehead atoms. The minimum absolute atomic E-state index is 0.0242. The lowest BCUT2D eigenvalue weighted by Crippen LogP contribution is -2.19. The van der Waals surface area contributed by atoms with Crippen LogP contribution in [0, 0.1) is 0 Å². The van der Waals surface area contributed by atoms with E-state index in [9.17, 15) is 12.8 Å². The van der Waals surface area contributed by atoms with Gasteiger partial charge in [0.2, 0.25) is 15.3 Å². The van der Waals surface area contributed by atoms with Gasteiger partial charge in [-0.15, -0.1) is 11.8 Å². The summed E-state index contributed by atoms with van der Waals surface area (Å²) in [6, 6.07) is 16.9. The molecule has 1 unspecified atom stereocenters. The fourth-order valence-electron chi connectivity index (χ4n) is 1.53. The van der Waals surface area contributed by atoms with Gasteiger partial charge in [0.1, 0.15) is 0 Å². The Hall–Kier alpha value is -1.33. The summed E-state index contributed by atoms with van der Waals surface area (Å²) in [5, 5.41) is 0. The summed E-state index contributed by atoms with van der Waals surface area (Å²) in [7, 11) is -3.90. The van der Waals surface area contributed by atoms with Crippen LogP contribution in [0.5, 0.6) is 0 Å². The van der Waals surface area contributed by atoms with Gasteiger partial charge in [-0.25, -0.2) is 12.8 Å². The van der Waals surface area contributed by atoms with E-state index in [-0.39, 0.29) is 10.6 Å². The minimum Gasteiger partial charge on any atom is -0.229 e. The summed E-state index contributed by atoms with van der Waals surface area (Å²) < 4.78 is 37.9. The Labute approximate surface area is 116 Å². The number of hydrogen-bond donors (Lipinski definition) is 0. The Morgan fingerprint density at radius 1 is 0.947 bits per heavy atom. The van der Waals surface area contributed by atoms with Crippen LogP contribution >= 0.6 is 11.8 Å². The molecule has 0 spiro atoms. The van der Waals surface area contributed by atoms with Crippen molar-refractivity contribution in [3.63, 3.8) is 0 Å². The third-order valence-corrected chi connectivity index (χ3v) is 5.58. The first-order chi connectivity index (χ1) is 9.10. The Morgan fingerprint density at radius 2 is 1.47 bits per heavy atom. The fourth-order valence-corrected chi connectivity index (χ4v) is 3.95. The highest BCUT2D eigenvalue weighted by Gasteiger charge is 2.26. The van der Waals surface area contributed by atoms with E-state index in [0.29, 0.717) is 0 Å². The molecule has 0 aromatic heterocycles. The van der Waals surface area contributed by atoms with Crippen molar-refractivity contribution in [2.24, 2.45) is 0 Å². The van der Waals surface area contributed by atoms with Crippen molar-refractivity contribution < 1.29 is 12.8 Å². The summed E-state index contributed by atoms with van der Waals surface area (Å²) >= 11 is 1.20. The highest BCUT2D eigenvalue weighted by atomic mass is 32.2. The summed E-state index contributed by atoms with van der Waals surface area (Å²) in [6.45, 7) is 0. The Morgan fingerprint density at radius 3 is 2.05 bits per heavy atom. The number of rotatable bonds is 5. The lowest BCUT2D eigenvalue weighted by Gasteiger charge is -2.09. The van der Waals surface area contributed by atoms with Crippen molar-refractivity contribution in [2.75, 3.05) is 5.75 Å². The second-order valence-corrected chi connectivity index (χ2v) is 7.06. The lowest BCUT2D eigenvalue weighted by molar-refractivity contribution is 0.448. The van der Waals surface area contributed by atoms with Crippen LogP contribution in [0.3, 0.4) is 0 Å². The lowest BCUT2D eigenvalue weighted by atomic mass is 10.4. The maximum atomic E-state index is 13.9. The van der Waals surface area contributed by atoms with Crippen molar-refractivity contribution >= 4 is 21.6 Å². The van der Waals surface area contributed by atoms with E-state index < -0.39 is 15.3 Å². The van der Waals surface area contributed by atoms with E-state index >= 15 is 0 Å². The molecule has 0 saturated heterocycles. The van der Waals surface area contributed by atoms with Crippen LogP contribution in [0.1, 0.15) is 0 Å². The van der Waals surface area contributed by atoms with Gasteiger partial charge in [-0.05, 0) is 24.3 Å². The molecule has 2 aromatic carbocycles. The number of benzene rings is 2. The topological polar surface area (TPSA) is 34.1 Å². The highest BCUT2D eigenvalue weighted by Crippen LogP contribution is 2.24. The smallest absolute Gasteiger partial charge is 0.214 e. The predicted octanol–water partition coefficient (Wildman–Crippen LogP) is 3.55. The quantitative estimate of drug-likeness (QED) is 0.791. The van der Waals surface area contributed by atoms with E-state index in [1.165, 1.54) is 23.9 Å². The zero-order valence-electron chi connectivity index (χ0n) is 10.1. The third-order valence-electron chi connectivity index (χ3n) is 2.53. The summed E-state index contributed by atoms with van der Waals surface area (Å²) in [5.74, 6) is -0.110. The van der Waals surface area contributed by atoms with Crippen molar-refractivity contribution in [1.29, 1.82) is 0 Å². The molecule has 5 heteroatoms. The number of sulfone groups is 1. The maximum absolute atomic E-state index is 13.9. The van der Waals surface area contributed by atoms with Crippen LogP contribution in [0.2, 0.25) is 0 Å². The van der Waals surface area contributed by atoms with Gasteiger partial charge in [0.25, 0.3) is 0 Å². The average Bonchev–Trinajstić information content (AvgIpc) is 2.46. The first-order valence-corrected chi connectivity index (χ1v) is 8.25. The zero-order chi connectivity index (χ0) is 13.7. The Bertz CT molecular complexity index is 612. The Kier molecular flexibility index (Phi) is 4.61. The predicted molar refractivity (Wildman–Crippen MR) is 75.7 cm³/mol. The molecule has 0 aliphatic heterocycles. The van der Waals surface area contributed by atoms with Crippen LogP contribution in [0.25, 0.3) is 0 Å². The molecule has 0 saturated carbocycles. The zero-order valence-corrected chi connectivity index (χ0v) is 11.7. The molecule has 0 radical (unpaired) electrons. The van der Waals surface area contributed by atoms with Crippen molar-refractivity contribution in [3.05, 3.63) is 60.7 Å². The van der Waals surface area contributed by atoms with Crippen LogP contribution in [-0.2, 0) is 9.84 Å². The number of hydrogen-bond acceptors (Lipinski definition) is 3. The average molecular weight is 296 g/mol. The van der Waals surface area contributed by atoms with Gasteiger partial charge >= 0.3 is 0 Å². The third kappa shape index (κ3) is 3.58. The van der Waals surface area contributed by atoms with E-state index in [1.54, 1.807) is 18.2 Å². The van der Waals surface area contributed by atoms with Gasteiger partial charge < -0.3 is 0 Å². The van der Waals surface area contributed by atoms with Gasteiger partial charge in [-0.1, -0.05) is 36.4 Å². The van der Waals surface area contributed by atoms with E-state index in [2.05, 4.69) is 0 Å². The fraction of sp³-hybridized carbons (Fsp3) is 0.143. The molecule has 0 N–H and O–H groups in total. The van der Waals surface area contributed by atoms with Crippen molar-refractivity contribution in [3.8, 4) is 0 Å². The monoisotopic (exact) mass is 296 g/mol. The van der Waals surface area contributed by atoms with Crippen molar-refractivity contribution in [1.82, 2.24) is 0 Å². The first-order valence-electron chi connectivity index (χ1n) is 5.71. The molecule has 0 heterocycles. The standard InChI is InChI=1S/C14H13FO2S2/c15-14(11-18-12-7-3-1-4-8-12)19(16,17)13-9-5-2-6-10-13/h1-10,14H,11H2. The highest BCUT2D eigenvalue weighted by molar-refractivity contribution is 8.00. The number of thioether (sulfide) groups is 1. The van der Waals surface area contributed by atoms with Gasteiger partial charge in [0.05, 0.1) is 4.90 Å². The second kappa shape index (κ2) is 6.21. The molecule has 2 rings (SSSR count). The van der Waals surface area contributed by atoms with E-state index in [1.807, 2.05) is 30.3 Å². The molecule has 100 valence electrons. The SMILES string of the molecule is O=S(=O)(c1ccccc1)C(F)CSc1ccccc1. The van der Waals surface area contributed by atoms with Crippen LogP contribution in [0.4, 0.5) is 4.39 Å². The first kappa shape index (κ1) is 14.1. The number of halogens is 1. The molecule has 19 heavy (non-hydrogen) atoms. The maximum Gasteiger partial charge on any atom is 0.214 e. The van der Waals surface area contributed by atoms with Crippen molar-refractivity contribution in [2.45, 2.75) is 15.3 Å². The van der Waals surface area contributed by atoms with Gasteiger partial charge in [-0.2, -0.15) is 0 Å². The van der Waals surface area contributed by atoms with E-state index in [0.717, 1.165) is 4.90 Å². The minimum atomic E-state index is -3.90. The summed E-state index contributed by atoms with van der Waals surface area (Å²) in [4.78, 5) is 0.879. The molecule has 1 atom stereocenters. The van der Waals surface area contributed by atoms with Crippen LogP contribution in [-0.4, -0.2) is 19.7 Å². The molecule has 2 nitrogen and oxygen atoms in total. The van der Waals surface area contributed by atoms with Crippen LogP contribution < -0.4 is 0 Å². The number of alkyl halides is 1. The molecule has 0 amide bonds. The normalized spacial score (nSPS) is 13.1. The molecular weight excluding hydrogens is 283 g/mol. The molecule has 0 aliphatic carbocycles. The van der Waals surface area contributed by atoms with Gasteiger partial charge in [0.15, 0.2) is 0 Å². The second-order valence-electron chi connectivity index (χ2n) is 3.89. The summed E-state index contributed by atoms with van der Waals surface area (Å²) in [6.07, 6.45) is 0. The molecule has 0 fully saturated rings. The summed E-state index contributed by atoms with van der Waals surface area (Å²) in [5.41, 5.74) is -1.90. The Balaban J connectivity index is 2.06. The van der Waals surface area contributed by atoms with Gasteiger partial charge in [-0.3, -0.25) is 0 Å². The largest absolute Gasteiger partial charge is 0.229 e. The molecular formula is C14H13FO2S2. The van der Waals surface area contributed by atoms with E-state index in [4.69, 9.17) is 0 Å². The van der Waals surface area contributed by atoms with Gasteiger partial charge in [0, 0.05) is 10.6 Å². The molecule has 0 aliphatic rings. The van der Waals surface area contributed by atoms with Crippen LogP contribution in [0.15, 0.2) is 70.5 Å². The molecule has 2 aromatic rings.